The summed E-state index contributed by atoms with van der Waals surface area (Å²) in [5.74, 6) is -0.986. The molecule has 0 spiro atoms. The lowest BCUT2D eigenvalue weighted by molar-refractivity contribution is 0.0950. The van der Waals surface area contributed by atoms with Crippen LogP contribution in [0.5, 0.6) is 0 Å². The van der Waals surface area contributed by atoms with E-state index in [0.717, 1.165) is 17.7 Å². The van der Waals surface area contributed by atoms with Gasteiger partial charge in [-0.15, -0.1) is 0 Å². The van der Waals surface area contributed by atoms with Crippen LogP contribution in [0.1, 0.15) is 38.8 Å². The number of aromatic nitrogens is 1. The van der Waals surface area contributed by atoms with Crippen LogP contribution in [0, 0.1) is 5.82 Å². The second-order valence-corrected chi connectivity index (χ2v) is 7.09. The lowest BCUT2D eigenvalue weighted by Gasteiger charge is -2.22. The van der Waals surface area contributed by atoms with E-state index in [9.17, 15) is 14.0 Å². The number of carbonyl (C=O) groups is 2. The molecule has 2 amide bonds. The second kappa shape index (κ2) is 7.83. The zero-order valence-corrected chi connectivity index (χ0v) is 15.9. The van der Waals surface area contributed by atoms with Gasteiger partial charge in [-0.25, -0.2) is 4.39 Å². The van der Waals surface area contributed by atoms with Crippen LogP contribution in [-0.4, -0.2) is 22.8 Å². The van der Waals surface area contributed by atoms with Crippen molar-refractivity contribution in [1.29, 1.82) is 0 Å². The Hall–Kier alpha value is -3.54. The van der Waals surface area contributed by atoms with Gasteiger partial charge < -0.3 is 10.2 Å². The van der Waals surface area contributed by atoms with Gasteiger partial charge in [0.2, 0.25) is 0 Å². The molecule has 1 aliphatic rings. The molecule has 5 nitrogen and oxygen atoms in total. The molecule has 0 fully saturated rings. The van der Waals surface area contributed by atoms with Crippen molar-refractivity contribution in [3.05, 3.63) is 95.1 Å². The van der Waals surface area contributed by atoms with Crippen LogP contribution in [0.4, 0.5) is 10.1 Å². The van der Waals surface area contributed by atoms with Crippen LogP contribution in [0.2, 0.25) is 0 Å². The second-order valence-electron chi connectivity index (χ2n) is 7.09. The quantitative estimate of drug-likeness (QED) is 0.739. The van der Waals surface area contributed by atoms with Gasteiger partial charge in [-0.05, 0) is 37.1 Å². The van der Waals surface area contributed by atoms with Crippen molar-refractivity contribution in [2.24, 2.45) is 0 Å². The van der Waals surface area contributed by atoms with E-state index in [1.165, 1.54) is 24.5 Å². The number of pyridine rings is 1. The zero-order chi connectivity index (χ0) is 20.4. The number of para-hydroxylation sites is 1. The average molecular weight is 389 g/mol. The number of halogens is 1. The van der Waals surface area contributed by atoms with E-state index in [-0.39, 0.29) is 29.9 Å². The van der Waals surface area contributed by atoms with E-state index in [1.807, 2.05) is 31.2 Å². The van der Waals surface area contributed by atoms with Crippen molar-refractivity contribution >= 4 is 17.5 Å². The Morgan fingerprint density at radius 2 is 1.83 bits per heavy atom. The molecule has 1 atom stereocenters. The van der Waals surface area contributed by atoms with E-state index < -0.39 is 5.91 Å². The number of carbonyl (C=O) groups excluding carboxylic acids is 2. The molecule has 6 heteroatoms. The van der Waals surface area contributed by atoms with Crippen LogP contribution in [0.15, 0.2) is 67.0 Å². The molecule has 0 saturated carbocycles. The number of benzene rings is 2. The standard InChI is InChI=1S/C23H20FN3O2/c1-15-10-16-6-3-5-9-21(16)27(15)23(29)19-11-18(12-25-13-19)22(28)26-14-17-7-2-4-8-20(17)24/h2-9,11-13,15H,10,14H2,1H3,(H,26,28). The van der Waals surface area contributed by atoms with Crippen molar-refractivity contribution in [2.75, 3.05) is 4.90 Å². The van der Waals surface area contributed by atoms with Gasteiger partial charge in [-0.2, -0.15) is 0 Å². The highest BCUT2D eigenvalue weighted by Crippen LogP contribution is 2.33. The predicted octanol–water partition coefficient (Wildman–Crippen LogP) is 3.74. The largest absolute Gasteiger partial charge is 0.348 e. The van der Waals surface area contributed by atoms with Crippen molar-refractivity contribution in [2.45, 2.75) is 25.9 Å². The molecule has 3 aromatic rings. The van der Waals surface area contributed by atoms with Gasteiger partial charge in [0.05, 0.1) is 11.1 Å². The van der Waals surface area contributed by atoms with Crippen molar-refractivity contribution in [3.8, 4) is 0 Å². The summed E-state index contributed by atoms with van der Waals surface area (Å²) in [6, 6.07) is 15.6. The van der Waals surface area contributed by atoms with Crippen LogP contribution < -0.4 is 10.2 Å². The van der Waals surface area contributed by atoms with Gasteiger partial charge in [-0.3, -0.25) is 14.6 Å². The third-order valence-corrected chi connectivity index (χ3v) is 5.07. The first-order valence-corrected chi connectivity index (χ1v) is 9.42. The normalized spacial score (nSPS) is 15.1. The molecular formula is C23H20FN3O2. The van der Waals surface area contributed by atoms with Crippen molar-refractivity contribution < 1.29 is 14.0 Å². The summed E-state index contributed by atoms with van der Waals surface area (Å²) in [6.45, 7) is 2.05. The lowest BCUT2D eigenvalue weighted by Crippen LogP contribution is -2.36. The first kappa shape index (κ1) is 18.8. The first-order chi connectivity index (χ1) is 14.0. The Morgan fingerprint density at radius 3 is 2.66 bits per heavy atom. The maximum absolute atomic E-state index is 13.7. The summed E-state index contributed by atoms with van der Waals surface area (Å²) < 4.78 is 13.7. The Bertz CT molecular complexity index is 1080. The highest BCUT2D eigenvalue weighted by molar-refractivity contribution is 6.08. The summed E-state index contributed by atoms with van der Waals surface area (Å²) in [6.07, 6.45) is 3.65. The van der Waals surface area contributed by atoms with Gasteiger partial charge in [-0.1, -0.05) is 36.4 Å². The fraction of sp³-hybridized carbons (Fsp3) is 0.174. The van der Waals surface area contributed by atoms with Crippen LogP contribution >= 0.6 is 0 Å². The van der Waals surface area contributed by atoms with Gasteiger partial charge in [0.15, 0.2) is 0 Å². The minimum atomic E-state index is -0.412. The zero-order valence-electron chi connectivity index (χ0n) is 15.9. The molecule has 0 bridgehead atoms. The third-order valence-electron chi connectivity index (χ3n) is 5.07. The highest BCUT2D eigenvalue weighted by atomic mass is 19.1. The Balaban J connectivity index is 1.52. The molecule has 2 heterocycles. The minimum Gasteiger partial charge on any atom is -0.348 e. The molecule has 1 unspecified atom stereocenters. The summed E-state index contributed by atoms with van der Waals surface area (Å²) in [5.41, 5.74) is 3.00. The number of fused-ring (bicyclic) bond motifs is 1. The maximum atomic E-state index is 13.7. The first-order valence-electron chi connectivity index (χ1n) is 9.42. The molecule has 2 aromatic carbocycles. The number of nitrogens with zero attached hydrogens (tertiary/aromatic N) is 2. The van der Waals surface area contributed by atoms with Crippen molar-refractivity contribution in [3.63, 3.8) is 0 Å². The van der Waals surface area contributed by atoms with E-state index >= 15 is 0 Å². The van der Waals surface area contributed by atoms with E-state index in [2.05, 4.69) is 10.3 Å². The Morgan fingerprint density at radius 1 is 1.10 bits per heavy atom. The summed E-state index contributed by atoms with van der Waals surface area (Å²) in [5, 5.41) is 2.67. The van der Waals surface area contributed by atoms with Crippen molar-refractivity contribution in [1.82, 2.24) is 10.3 Å². The van der Waals surface area contributed by atoms with E-state index in [4.69, 9.17) is 0 Å². The minimum absolute atomic E-state index is 0.0263. The number of anilines is 1. The SMILES string of the molecule is CC1Cc2ccccc2N1C(=O)c1cncc(C(=O)NCc2ccccc2F)c1. The number of rotatable bonds is 4. The van der Waals surface area contributed by atoms with E-state index in [1.54, 1.807) is 23.1 Å². The topological polar surface area (TPSA) is 62.3 Å². The highest BCUT2D eigenvalue weighted by Gasteiger charge is 2.31. The third kappa shape index (κ3) is 3.74. The van der Waals surface area contributed by atoms with Crippen LogP contribution in [0.3, 0.4) is 0 Å². The molecule has 0 radical (unpaired) electrons. The lowest BCUT2D eigenvalue weighted by atomic mass is 10.1. The Kier molecular flexibility index (Phi) is 5.08. The Labute approximate surface area is 168 Å². The van der Waals surface area contributed by atoms with Gasteiger partial charge in [0.25, 0.3) is 11.8 Å². The maximum Gasteiger partial charge on any atom is 0.260 e. The summed E-state index contributed by atoms with van der Waals surface area (Å²) in [7, 11) is 0. The predicted molar refractivity (Wildman–Crippen MR) is 108 cm³/mol. The van der Waals surface area contributed by atoms with Gasteiger partial charge in [0.1, 0.15) is 5.82 Å². The molecule has 4 rings (SSSR count). The monoisotopic (exact) mass is 389 g/mol. The molecule has 1 aliphatic heterocycles. The molecule has 146 valence electrons. The molecule has 1 N–H and O–H groups in total. The molecule has 0 saturated heterocycles. The number of amides is 2. The number of nitrogens with one attached hydrogen (secondary N) is 1. The van der Waals surface area contributed by atoms with E-state index in [0.29, 0.717) is 11.1 Å². The number of hydrogen-bond acceptors (Lipinski definition) is 3. The molecule has 0 aliphatic carbocycles. The fourth-order valence-electron chi connectivity index (χ4n) is 3.61. The van der Waals surface area contributed by atoms with Gasteiger partial charge >= 0.3 is 0 Å². The smallest absolute Gasteiger partial charge is 0.260 e. The van der Waals surface area contributed by atoms with Crippen LogP contribution in [0.25, 0.3) is 0 Å². The fourth-order valence-corrected chi connectivity index (χ4v) is 3.61. The number of hydrogen-bond donors (Lipinski definition) is 1. The molecule has 1 aromatic heterocycles. The molecule has 29 heavy (non-hydrogen) atoms. The van der Waals surface area contributed by atoms with Gasteiger partial charge in [0, 0.05) is 36.2 Å². The summed E-state index contributed by atoms with van der Waals surface area (Å²) in [4.78, 5) is 31.4. The summed E-state index contributed by atoms with van der Waals surface area (Å²) >= 11 is 0. The van der Waals surface area contributed by atoms with Crippen LogP contribution in [-0.2, 0) is 13.0 Å². The molecular weight excluding hydrogens is 369 g/mol. The average Bonchev–Trinajstić information content (AvgIpc) is 3.08.